The molecule has 12 heteroatoms. The van der Waals surface area contributed by atoms with Crippen LogP contribution >= 0.6 is 0 Å². The summed E-state index contributed by atoms with van der Waals surface area (Å²) in [5.74, 6) is -1.31. The summed E-state index contributed by atoms with van der Waals surface area (Å²) in [6.45, 7) is 3.42. The van der Waals surface area contributed by atoms with Crippen LogP contribution in [0.1, 0.15) is 39.3 Å². The predicted molar refractivity (Wildman–Crippen MR) is 100.0 cm³/mol. The van der Waals surface area contributed by atoms with Crippen LogP contribution in [-0.4, -0.2) is 31.4 Å². The van der Waals surface area contributed by atoms with Crippen molar-refractivity contribution in [2.24, 2.45) is 5.73 Å². The molecule has 3 rings (SSSR count). The highest BCUT2D eigenvalue weighted by Gasteiger charge is 2.31. The number of halogens is 3. The fraction of sp³-hybridized carbons (Fsp3) is 0.278. The SMILES string of the molecule is Cc1nc2c(C(N)=O)cnn2c(C)c1CCC(=O)Nc1cc(C(F)(F)F)c[nH]c1=O. The van der Waals surface area contributed by atoms with Crippen molar-refractivity contribution in [1.29, 1.82) is 0 Å². The lowest BCUT2D eigenvalue weighted by atomic mass is 10.1. The van der Waals surface area contributed by atoms with Gasteiger partial charge in [0, 0.05) is 24.0 Å². The third-order valence-electron chi connectivity index (χ3n) is 4.58. The summed E-state index contributed by atoms with van der Waals surface area (Å²) in [6, 6.07) is 0.579. The Morgan fingerprint density at radius 3 is 2.63 bits per heavy atom. The summed E-state index contributed by atoms with van der Waals surface area (Å²) in [6.07, 6.45) is -2.75. The lowest BCUT2D eigenvalue weighted by Gasteiger charge is -2.12. The summed E-state index contributed by atoms with van der Waals surface area (Å²) < 4.78 is 39.8. The van der Waals surface area contributed by atoms with Crippen molar-refractivity contribution in [3.8, 4) is 0 Å². The van der Waals surface area contributed by atoms with Gasteiger partial charge in [-0.3, -0.25) is 14.4 Å². The monoisotopic (exact) mass is 422 g/mol. The van der Waals surface area contributed by atoms with E-state index in [1.165, 1.54) is 10.7 Å². The highest BCUT2D eigenvalue weighted by Crippen LogP contribution is 2.29. The average Bonchev–Trinajstić information content (AvgIpc) is 3.06. The van der Waals surface area contributed by atoms with E-state index in [-0.39, 0.29) is 18.4 Å². The van der Waals surface area contributed by atoms with Crippen molar-refractivity contribution in [1.82, 2.24) is 19.6 Å². The number of nitrogens with zero attached hydrogens (tertiary/aromatic N) is 3. The third kappa shape index (κ3) is 4.02. The average molecular weight is 422 g/mol. The number of hydrogen-bond acceptors (Lipinski definition) is 5. The molecule has 0 aliphatic rings. The Kier molecular flexibility index (Phi) is 5.33. The number of alkyl halides is 3. The van der Waals surface area contributed by atoms with E-state index >= 15 is 0 Å². The number of primary amides is 1. The van der Waals surface area contributed by atoms with Crippen LogP contribution in [0, 0.1) is 13.8 Å². The summed E-state index contributed by atoms with van der Waals surface area (Å²) in [5.41, 5.74) is 5.20. The third-order valence-corrected chi connectivity index (χ3v) is 4.58. The molecular formula is C18H17F3N6O3. The van der Waals surface area contributed by atoms with Crippen molar-refractivity contribution in [2.75, 3.05) is 5.32 Å². The molecule has 0 fully saturated rings. The number of anilines is 1. The van der Waals surface area contributed by atoms with Crippen LogP contribution in [0.3, 0.4) is 0 Å². The van der Waals surface area contributed by atoms with E-state index in [1.807, 2.05) is 4.98 Å². The molecule has 0 aliphatic heterocycles. The maximum absolute atomic E-state index is 12.8. The molecule has 30 heavy (non-hydrogen) atoms. The van der Waals surface area contributed by atoms with Crippen LogP contribution in [0.4, 0.5) is 18.9 Å². The molecule has 3 aromatic heterocycles. The quantitative estimate of drug-likeness (QED) is 0.575. The number of nitrogens with two attached hydrogens (primary N) is 1. The molecule has 0 saturated heterocycles. The number of nitrogens with one attached hydrogen (secondary N) is 2. The molecule has 2 amide bonds. The highest BCUT2D eigenvalue weighted by molar-refractivity contribution is 5.98. The summed E-state index contributed by atoms with van der Waals surface area (Å²) in [5, 5.41) is 6.28. The number of amides is 2. The number of carbonyl (C=O) groups is 2. The molecule has 0 bridgehead atoms. The molecule has 9 nitrogen and oxygen atoms in total. The number of H-pyrrole nitrogens is 1. The van der Waals surface area contributed by atoms with Gasteiger partial charge in [0.2, 0.25) is 5.91 Å². The van der Waals surface area contributed by atoms with E-state index in [2.05, 4.69) is 15.4 Å². The molecule has 3 heterocycles. The number of carbonyl (C=O) groups excluding carboxylic acids is 2. The van der Waals surface area contributed by atoms with E-state index in [0.29, 0.717) is 34.9 Å². The normalized spacial score (nSPS) is 11.6. The first kappa shape index (κ1) is 21.0. The van der Waals surface area contributed by atoms with Crippen molar-refractivity contribution >= 4 is 23.1 Å². The zero-order valence-electron chi connectivity index (χ0n) is 15.9. The molecule has 4 N–H and O–H groups in total. The minimum absolute atomic E-state index is 0.117. The van der Waals surface area contributed by atoms with Crippen LogP contribution in [0.5, 0.6) is 0 Å². The number of aryl methyl sites for hydroxylation is 2. The molecular weight excluding hydrogens is 405 g/mol. The maximum atomic E-state index is 12.8. The van der Waals surface area contributed by atoms with Gasteiger partial charge in [0.15, 0.2) is 5.65 Å². The fourth-order valence-corrected chi connectivity index (χ4v) is 3.04. The van der Waals surface area contributed by atoms with E-state index in [0.717, 1.165) is 0 Å². The fourth-order valence-electron chi connectivity index (χ4n) is 3.04. The molecule has 0 spiro atoms. The van der Waals surface area contributed by atoms with Gasteiger partial charge >= 0.3 is 6.18 Å². The van der Waals surface area contributed by atoms with Crippen LogP contribution in [0.2, 0.25) is 0 Å². The number of rotatable bonds is 5. The Bertz CT molecular complexity index is 1210. The zero-order valence-corrected chi connectivity index (χ0v) is 15.9. The van der Waals surface area contributed by atoms with Gasteiger partial charge < -0.3 is 16.0 Å². The number of aromatic amines is 1. The van der Waals surface area contributed by atoms with Gasteiger partial charge in [-0.2, -0.15) is 18.3 Å². The van der Waals surface area contributed by atoms with Crippen LogP contribution in [0.25, 0.3) is 5.65 Å². The smallest absolute Gasteiger partial charge is 0.365 e. The maximum Gasteiger partial charge on any atom is 0.417 e. The Morgan fingerprint density at radius 2 is 2.00 bits per heavy atom. The van der Waals surface area contributed by atoms with Gasteiger partial charge in [-0.25, -0.2) is 9.50 Å². The molecule has 0 aromatic carbocycles. The van der Waals surface area contributed by atoms with Gasteiger partial charge in [-0.1, -0.05) is 0 Å². The minimum atomic E-state index is -4.66. The van der Waals surface area contributed by atoms with E-state index in [9.17, 15) is 27.6 Å². The van der Waals surface area contributed by atoms with Crippen LogP contribution in [0.15, 0.2) is 23.3 Å². The Balaban J connectivity index is 1.79. The number of aromatic nitrogens is 4. The van der Waals surface area contributed by atoms with Gasteiger partial charge in [0.05, 0.1) is 11.8 Å². The summed E-state index contributed by atoms with van der Waals surface area (Å²) in [7, 11) is 0. The van der Waals surface area contributed by atoms with Crippen molar-refractivity contribution in [2.45, 2.75) is 32.9 Å². The molecule has 0 radical (unpaired) electrons. The van der Waals surface area contributed by atoms with Gasteiger partial charge in [0.25, 0.3) is 11.5 Å². The Labute approximate surface area is 167 Å². The minimum Gasteiger partial charge on any atom is -0.365 e. The highest BCUT2D eigenvalue weighted by atomic mass is 19.4. The second-order valence-corrected chi connectivity index (χ2v) is 6.60. The van der Waals surface area contributed by atoms with E-state index in [4.69, 9.17) is 5.73 Å². The van der Waals surface area contributed by atoms with Crippen molar-refractivity contribution in [3.05, 3.63) is 56.9 Å². The van der Waals surface area contributed by atoms with Gasteiger partial charge in [0.1, 0.15) is 11.3 Å². The largest absolute Gasteiger partial charge is 0.417 e. The first-order valence-corrected chi connectivity index (χ1v) is 8.72. The lowest BCUT2D eigenvalue weighted by Crippen LogP contribution is -2.22. The molecule has 158 valence electrons. The lowest BCUT2D eigenvalue weighted by molar-refractivity contribution is -0.137. The van der Waals surface area contributed by atoms with Gasteiger partial charge in [-0.15, -0.1) is 0 Å². The number of hydrogen-bond donors (Lipinski definition) is 3. The van der Waals surface area contributed by atoms with Crippen molar-refractivity contribution < 1.29 is 22.8 Å². The van der Waals surface area contributed by atoms with Crippen LogP contribution < -0.4 is 16.6 Å². The Morgan fingerprint density at radius 1 is 1.30 bits per heavy atom. The second kappa shape index (κ2) is 7.61. The summed E-state index contributed by atoms with van der Waals surface area (Å²) in [4.78, 5) is 41.7. The molecule has 0 atom stereocenters. The van der Waals surface area contributed by atoms with Crippen LogP contribution in [-0.2, 0) is 17.4 Å². The van der Waals surface area contributed by atoms with E-state index < -0.39 is 34.8 Å². The summed E-state index contributed by atoms with van der Waals surface area (Å²) >= 11 is 0. The first-order chi connectivity index (χ1) is 14.0. The number of fused-ring (bicyclic) bond motifs is 1. The molecule has 3 aromatic rings. The zero-order chi connectivity index (χ0) is 22.2. The predicted octanol–water partition coefficient (Wildman–Crippen LogP) is 1.72. The second-order valence-electron chi connectivity index (χ2n) is 6.60. The topological polar surface area (TPSA) is 135 Å². The van der Waals surface area contributed by atoms with Crippen molar-refractivity contribution in [3.63, 3.8) is 0 Å². The van der Waals surface area contributed by atoms with E-state index in [1.54, 1.807) is 13.8 Å². The molecule has 0 aliphatic carbocycles. The molecule has 0 saturated carbocycles. The first-order valence-electron chi connectivity index (χ1n) is 8.72. The standard InChI is InChI=1S/C18H17F3N6O3/c1-8-11(9(2)27-16(25-8)12(7-24-27)15(22)29)3-4-14(28)26-13-5-10(18(19,20)21)6-23-17(13)30/h5-7H,3-4H2,1-2H3,(H2,22,29)(H,23,30)(H,26,28). The molecule has 0 unspecified atom stereocenters. The Hall–Kier alpha value is -3.70. The van der Waals surface area contributed by atoms with Gasteiger partial charge in [-0.05, 0) is 31.9 Å². The number of pyridine rings is 1.